The Morgan fingerprint density at radius 1 is 1.24 bits per heavy atom. The lowest BCUT2D eigenvalue weighted by Crippen LogP contribution is -2.43. The summed E-state index contributed by atoms with van der Waals surface area (Å²) in [6, 6.07) is 9.25. The van der Waals surface area contributed by atoms with E-state index in [-0.39, 0.29) is 11.7 Å². The van der Waals surface area contributed by atoms with Crippen molar-refractivity contribution in [3.8, 4) is 0 Å². The molecule has 2 aromatic rings. The number of nitrogens with one attached hydrogen (secondary N) is 2. The smallest absolute Gasteiger partial charge is 0.149 e. The van der Waals surface area contributed by atoms with Gasteiger partial charge >= 0.3 is 0 Å². The first-order valence-electron chi connectivity index (χ1n) is 9.98. The predicted molar refractivity (Wildman–Crippen MR) is 115 cm³/mol. The summed E-state index contributed by atoms with van der Waals surface area (Å²) in [6.07, 6.45) is 5.72. The second-order valence-corrected chi connectivity index (χ2v) is 8.01. The largest absolute Gasteiger partial charge is 0.295 e. The summed E-state index contributed by atoms with van der Waals surface area (Å²) in [5, 5.41) is 17.5. The molecule has 0 bridgehead atoms. The molecule has 4 rings (SSSR count). The quantitative estimate of drug-likeness (QED) is 0.580. The monoisotopic (exact) mass is 391 g/mol. The van der Waals surface area contributed by atoms with Crippen molar-refractivity contribution in [3.63, 3.8) is 0 Å². The minimum Gasteiger partial charge on any atom is -0.295 e. The van der Waals surface area contributed by atoms with E-state index in [4.69, 9.17) is 10.8 Å². The summed E-state index contributed by atoms with van der Waals surface area (Å²) in [5.74, 6) is 0.579. The van der Waals surface area contributed by atoms with E-state index in [2.05, 4.69) is 22.9 Å². The average Bonchev–Trinajstić information content (AvgIpc) is 2.82. The van der Waals surface area contributed by atoms with Gasteiger partial charge in [-0.25, -0.2) is 4.39 Å². The van der Waals surface area contributed by atoms with Gasteiger partial charge < -0.3 is 0 Å². The van der Waals surface area contributed by atoms with Gasteiger partial charge in [0.15, 0.2) is 0 Å². The number of anilines is 1. The fourth-order valence-corrected chi connectivity index (χ4v) is 4.25. The zero-order valence-corrected chi connectivity index (χ0v) is 16.9. The second-order valence-electron chi connectivity index (χ2n) is 8.01. The van der Waals surface area contributed by atoms with Gasteiger partial charge in [-0.05, 0) is 62.6 Å². The minimum absolute atomic E-state index is 0.00318. The van der Waals surface area contributed by atoms with Gasteiger partial charge in [-0.1, -0.05) is 23.8 Å². The Hall–Kier alpha value is -2.86. The number of likely N-dealkylation sites (N-methyl/N-ethyl adjacent to an activating group) is 1. The van der Waals surface area contributed by atoms with Crippen LogP contribution >= 0.6 is 0 Å². The summed E-state index contributed by atoms with van der Waals surface area (Å²) in [5.41, 5.74) is 4.58. The number of halogens is 1. The number of hydrogen-bond acceptors (Lipinski definition) is 4. The summed E-state index contributed by atoms with van der Waals surface area (Å²) in [7, 11) is 2.00. The summed E-state index contributed by atoms with van der Waals surface area (Å²) >= 11 is 0. The number of pyridine rings is 1. The Morgan fingerprint density at radius 3 is 2.79 bits per heavy atom. The van der Waals surface area contributed by atoms with Crippen LogP contribution in [0, 0.1) is 29.5 Å². The molecular weight excluding hydrogens is 365 g/mol. The van der Waals surface area contributed by atoms with E-state index in [1.165, 1.54) is 11.6 Å². The minimum atomic E-state index is -0.297. The van der Waals surface area contributed by atoms with Gasteiger partial charge in [0, 0.05) is 18.7 Å². The van der Waals surface area contributed by atoms with Gasteiger partial charge in [-0.3, -0.25) is 25.6 Å². The van der Waals surface area contributed by atoms with Crippen LogP contribution in [0.5, 0.6) is 0 Å². The lowest BCUT2D eigenvalue weighted by Gasteiger charge is -2.32. The van der Waals surface area contributed by atoms with Crippen LogP contribution in [0.4, 0.5) is 10.1 Å². The Morgan fingerprint density at radius 2 is 2.07 bits per heavy atom. The van der Waals surface area contributed by atoms with Crippen LogP contribution in [0.2, 0.25) is 0 Å². The van der Waals surface area contributed by atoms with Crippen LogP contribution in [0.15, 0.2) is 42.6 Å². The van der Waals surface area contributed by atoms with E-state index in [1.54, 1.807) is 12.3 Å². The third-order valence-electron chi connectivity index (χ3n) is 5.71. The van der Waals surface area contributed by atoms with Gasteiger partial charge in [0.05, 0.1) is 12.2 Å². The number of amidine groups is 2. The highest BCUT2D eigenvalue weighted by Gasteiger charge is 2.30. The molecule has 2 N–H and O–H groups in total. The van der Waals surface area contributed by atoms with Crippen LogP contribution in [-0.2, 0) is 6.54 Å². The van der Waals surface area contributed by atoms with Crippen molar-refractivity contribution in [3.05, 3.63) is 65.2 Å². The van der Waals surface area contributed by atoms with E-state index >= 15 is 0 Å². The topological polar surface area (TPSA) is 67.1 Å². The molecule has 0 radical (unpaired) electrons. The first kappa shape index (κ1) is 19.5. The molecule has 0 spiro atoms. The zero-order chi connectivity index (χ0) is 20.5. The van der Waals surface area contributed by atoms with Gasteiger partial charge in [-0.15, -0.1) is 0 Å². The highest BCUT2D eigenvalue weighted by atomic mass is 19.1. The van der Waals surface area contributed by atoms with Crippen LogP contribution in [0.25, 0.3) is 5.57 Å². The molecule has 0 fully saturated rings. The second kappa shape index (κ2) is 7.87. The molecule has 150 valence electrons. The van der Waals surface area contributed by atoms with Crippen LogP contribution in [-0.4, -0.2) is 35.1 Å². The summed E-state index contributed by atoms with van der Waals surface area (Å²) in [4.78, 5) is 8.10. The van der Waals surface area contributed by atoms with E-state index in [1.807, 2.05) is 30.2 Å². The van der Waals surface area contributed by atoms with Crippen molar-refractivity contribution in [1.82, 2.24) is 9.88 Å². The molecular formula is C23H26FN5. The lowest BCUT2D eigenvalue weighted by atomic mass is 9.86. The first-order chi connectivity index (χ1) is 13.9. The zero-order valence-electron chi connectivity index (χ0n) is 16.9. The third kappa shape index (κ3) is 3.85. The molecule has 6 heteroatoms. The van der Waals surface area contributed by atoms with Gasteiger partial charge in [0.25, 0.3) is 0 Å². The molecule has 0 amide bonds. The molecule has 2 aliphatic rings. The Labute approximate surface area is 170 Å². The lowest BCUT2D eigenvalue weighted by molar-refractivity contribution is 0.376. The Balaban J connectivity index is 1.60. The number of hydrogen-bond donors (Lipinski definition) is 2. The summed E-state index contributed by atoms with van der Waals surface area (Å²) < 4.78 is 14.1. The van der Waals surface area contributed by atoms with E-state index < -0.39 is 0 Å². The maximum Gasteiger partial charge on any atom is 0.149 e. The Bertz CT molecular complexity index is 997. The number of rotatable bonds is 2. The standard InChI is InChI=1S/C23H26FN5/c1-15-5-10-20-18(12-15)13-28(2)14-21(25)29(20)23(26)17-8-6-16(7-9-17)22-19(24)4-3-11-27-22/h3-6,10-12,17,25-26H,7-9,13-14H2,1-2H3. The van der Waals surface area contributed by atoms with Crippen molar-refractivity contribution in [2.45, 2.75) is 32.7 Å². The van der Waals surface area contributed by atoms with Crippen molar-refractivity contribution in [2.24, 2.45) is 5.92 Å². The maximum absolute atomic E-state index is 14.1. The van der Waals surface area contributed by atoms with Crippen molar-refractivity contribution >= 4 is 22.9 Å². The molecule has 2 heterocycles. The van der Waals surface area contributed by atoms with Gasteiger partial charge in [0.2, 0.25) is 0 Å². The number of aromatic nitrogens is 1. The fraction of sp³-hybridized carbons (Fsp3) is 0.348. The molecule has 1 aromatic carbocycles. The summed E-state index contributed by atoms with van der Waals surface area (Å²) in [6.45, 7) is 3.33. The maximum atomic E-state index is 14.1. The Kier molecular flexibility index (Phi) is 5.28. The van der Waals surface area contributed by atoms with Crippen molar-refractivity contribution in [2.75, 3.05) is 18.5 Å². The van der Waals surface area contributed by atoms with E-state index in [9.17, 15) is 4.39 Å². The average molecular weight is 391 g/mol. The fourth-order valence-electron chi connectivity index (χ4n) is 4.25. The molecule has 1 atom stereocenters. The molecule has 1 aliphatic heterocycles. The van der Waals surface area contributed by atoms with E-state index in [0.717, 1.165) is 29.8 Å². The number of nitrogens with zero attached hydrogens (tertiary/aromatic N) is 3. The molecule has 29 heavy (non-hydrogen) atoms. The number of benzene rings is 1. The first-order valence-corrected chi connectivity index (χ1v) is 9.98. The molecule has 5 nitrogen and oxygen atoms in total. The number of allylic oxidation sites excluding steroid dienone is 2. The van der Waals surface area contributed by atoms with E-state index in [0.29, 0.717) is 36.8 Å². The molecule has 0 saturated carbocycles. The SMILES string of the molecule is Cc1ccc2c(c1)CN(C)CC(=N)N2C(=N)C1CC=C(c2ncccc2F)CC1. The third-order valence-corrected chi connectivity index (χ3v) is 5.71. The van der Waals surface area contributed by atoms with Crippen LogP contribution < -0.4 is 4.90 Å². The molecule has 1 aliphatic carbocycles. The number of fused-ring (bicyclic) bond motifs is 1. The molecule has 1 aromatic heterocycles. The van der Waals surface area contributed by atoms with Gasteiger partial charge in [-0.2, -0.15) is 0 Å². The van der Waals surface area contributed by atoms with Crippen LogP contribution in [0.3, 0.4) is 0 Å². The molecule has 1 unspecified atom stereocenters. The van der Waals surface area contributed by atoms with Gasteiger partial charge in [0.1, 0.15) is 23.2 Å². The molecule has 0 saturated heterocycles. The van der Waals surface area contributed by atoms with Crippen molar-refractivity contribution < 1.29 is 4.39 Å². The highest BCUT2D eigenvalue weighted by Crippen LogP contribution is 2.34. The normalized spacial score (nSPS) is 20.1. The van der Waals surface area contributed by atoms with Crippen LogP contribution in [0.1, 0.15) is 36.1 Å². The number of aryl methyl sites for hydroxylation is 1. The predicted octanol–water partition coefficient (Wildman–Crippen LogP) is 4.62. The highest BCUT2D eigenvalue weighted by molar-refractivity contribution is 6.19. The van der Waals surface area contributed by atoms with Crippen molar-refractivity contribution in [1.29, 1.82) is 10.8 Å².